The van der Waals surface area contributed by atoms with E-state index < -0.39 is 80.2 Å². The zero-order valence-corrected chi connectivity index (χ0v) is 43.7. The Balaban J connectivity index is 1.87. The van der Waals surface area contributed by atoms with Gasteiger partial charge in [-0.2, -0.15) is 0 Å². The second-order valence-corrected chi connectivity index (χ2v) is 26.2. The van der Waals surface area contributed by atoms with Gasteiger partial charge in [0.25, 0.3) is 11.7 Å². The second kappa shape index (κ2) is 24.3. The maximum Gasteiger partial charge on any atom is 0.329 e. The molecule has 1 amide bonds. The molecule has 4 rings (SSSR count). The van der Waals surface area contributed by atoms with Crippen molar-refractivity contribution in [1.29, 1.82) is 0 Å². The molecule has 14 unspecified atom stereocenters. The van der Waals surface area contributed by atoms with Crippen LogP contribution in [-0.2, 0) is 56.8 Å². The summed E-state index contributed by atoms with van der Waals surface area (Å²) in [5, 5.41) is 12.0. The maximum absolute atomic E-state index is 14.9. The molecule has 14 atom stereocenters. The van der Waals surface area contributed by atoms with Gasteiger partial charge in [-0.1, -0.05) is 66.2 Å². The number of allylic oxidation sites excluding steroid dienone is 3. The third kappa shape index (κ3) is 13.6. The van der Waals surface area contributed by atoms with E-state index in [9.17, 15) is 29.1 Å². The molecule has 2 saturated heterocycles. The average molecular weight is 948 g/mol. The Morgan fingerprint density at radius 3 is 2.17 bits per heavy atom. The molecule has 15 heteroatoms. The molecule has 3 aliphatic heterocycles. The van der Waals surface area contributed by atoms with Gasteiger partial charge in [-0.15, -0.1) is 0 Å². The fraction of sp³-hybridized carbons (Fsp3) is 0.824. The minimum absolute atomic E-state index is 0.0119. The lowest BCUT2D eigenvalue weighted by Gasteiger charge is -2.47. The van der Waals surface area contributed by atoms with Gasteiger partial charge in [0.1, 0.15) is 36.9 Å². The van der Waals surface area contributed by atoms with Crippen molar-refractivity contribution >= 4 is 38.0 Å². The van der Waals surface area contributed by atoms with Gasteiger partial charge in [0, 0.05) is 52.0 Å². The minimum Gasteiger partial charge on any atom is -0.456 e. The first-order valence-corrected chi connectivity index (χ1v) is 27.5. The summed E-state index contributed by atoms with van der Waals surface area (Å²) in [4.78, 5) is 70.9. The molecule has 1 N–H and O–H groups in total. The van der Waals surface area contributed by atoms with Crippen LogP contribution in [0.4, 0.5) is 0 Å². The van der Waals surface area contributed by atoms with Crippen LogP contribution in [-0.4, -0.2) is 137 Å². The van der Waals surface area contributed by atoms with Gasteiger partial charge in [0.05, 0.1) is 30.5 Å². The Labute approximate surface area is 396 Å². The Morgan fingerprint density at radius 1 is 0.909 bits per heavy atom. The molecule has 0 aromatic rings. The molecule has 2 bridgehead atoms. The zero-order chi connectivity index (χ0) is 49.3. The first-order chi connectivity index (χ1) is 31.0. The number of amides is 1. The Kier molecular flexibility index (Phi) is 20.6. The van der Waals surface area contributed by atoms with Crippen molar-refractivity contribution in [2.75, 3.05) is 34.5 Å². The highest BCUT2D eigenvalue weighted by atomic mass is 28.4. The Hall–Kier alpha value is -2.63. The molecule has 4 aliphatic rings. The average Bonchev–Trinajstić information content (AvgIpc) is 3.27. The molecule has 376 valence electrons. The van der Waals surface area contributed by atoms with Gasteiger partial charge in [0.2, 0.25) is 5.79 Å². The fourth-order valence-electron chi connectivity index (χ4n) is 10.4. The van der Waals surface area contributed by atoms with E-state index in [4.69, 9.17) is 32.8 Å². The van der Waals surface area contributed by atoms with Crippen LogP contribution in [0.2, 0.25) is 18.1 Å². The van der Waals surface area contributed by atoms with Crippen LogP contribution in [0.3, 0.4) is 0 Å². The van der Waals surface area contributed by atoms with Crippen molar-refractivity contribution < 1.29 is 61.9 Å². The summed E-state index contributed by atoms with van der Waals surface area (Å²) in [6, 6.07) is -1.12. The highest BCUT2D eigenvalue weighted by molar-refractivity contribution is 6.74. The van der Waals surface area contributed by atoms with E-state index in [1.807, 2.05) is 27.7 Å². The number of Topliss-reactive ketones (excluding diaryl/α,β-unsaturated/α-hetero) is 2. The van der Waals surface area contributed by atoms with Crippen molar-refractivity contribution in [2.45, 2.75) is 206 Å². The Bertz CT molecular complexity index is 1730. The number of rotatable bonds is 11. The maximum atomic E-state index is 14.9. The molecule has 14 nitrogen and oxygen atoms in total. The van der Waals surface area contributed by atoms with Gasteiger partial charge in [0.15, 0.2) is 8.32 Å². The normalized spacial score (nSPS) is 36.8. The molecule has 0 aromatic carbocycles. The summed E-state index contributed by atoms with van der Waals surface area (Å²) in [7, 11) is 2.19. The van der Waals surface area contributed by atoms with Crippen LogP contribution in [0.5, 0.6) is 0 Å². The number of carbonyl (C=O) groups excluding carboxylic acids is 5. The number of esters is 1. The SMILES string of the molecule is CCC1C=C(C)CC(C)CC(OC)C2OC(O)(C(=O)C(=O)N3CCCCC3C(=O)OC(C(C)=CC3CCC(OCC=O)C(OC)C3)C(C)C(O[Si](C)(C)C(C)(C)C)CC1=O)C(C)CC2OC. The summed E-state index contributed by atoms with van der Waals surface area (Å²) in [5.41, 5.74) is 1.81. The van der Waals surface area contributed by atoms with E-state index in [-0.39, 0.29) is 73.2 Å². The molecule has 0 spiro atoms. The van der Waals surface area contributed by atoms with E-state index in [1.165, 1.54) is 4.90 Å². The zero-order valence-electron chi connectivity index (χ0n) is 42.7. The number of cyclic esters (lactones) is 1. The topological polar surface area (TPSA) is 173 Å². The lowest BCUT2D eigenvalue weighted by Crippen LogP contribution is -2.64. The largest absolute Gasteiger partial charge is 0.456 e. The summed E-state index contributed by atoms with van der Waals surface area (Å²) >= 11 is 0. The molecule has 66 heavy (non-hydrogen) atoms. The van der Waals surface area contributed by atoms with Gasteiger partial charge >= 0.3 is 5.97 Å². The number of ketones is 2. The summed E-state index contributed by atoms with van der Waals surface area (Å²) in [6.45, 7) is 22.6. The Morgan fingerprint density at radius 2 is 1.56 bits per heavy atom. The second-order valence-electron chi connectivity index (χ2n) is 21.5. The number of hydrogen-bond donors (Lipinski definition) is 1. The first-order valence-electron chi connectivity index (χ1n) is 24.6. The van der Waals surface area contributed by atoms with Crippen molar-refractivity contribution in [2.24, 2.45) is 29.6 Å². The van der Waals surface area contributed by atoms with E-state index >= 15 is 0 Å². The minimum atomic E-state index is -2.54. The van der Waals surface area contributed by atoms with Crippen LogP contribution in [0.1, 0.15) is 133 Å². The predicted molar refractivity (Wildman–Crippen MR) is 254 cm³/mol. The third-order valence-corrected chi connectivity index (χ3v) is 20.0. The molecule has 1 saturated carbocycles. The van der Waals surface area contributed by atoms with Crippen molar-refractivity contribution in [3.63, 3.8) is 0 Å². The molecular formula is C51H85NO13Si. The summed E-state index contributed by atoms with van der Waals surface area (Å²) in [5.74, 6) is -6.96. The fourth-order valence-corrected chi connectivity index (χ4v) is 11.8. The number of piperidine rings is 1. The van der Waals surface area contributed by atoms with E-state index in [2.05, 4.69) is 52.9 Å². The van der Waals surface area contributed by atoms with Crippen molar-refractivity contribution in [1.82, 2.24) is 4.90 Å². The predicted octanol–water partition coefficient (Wildman–Crippen LogP) is 7.73. The van der Waals surface area contributed by atoms with Gasteiger partial charge in [-0.05, 0) is 114 Å². The molecule has 3 heterocycles. The van der Waals surface area contributed by atoms with Crippen LogP contribution in [0, 0.1) is 29.6 Å². The summed E-state index contributed by atoms with van der Waals surface area (Å²) < 4.78 is 43.7. The first kappa shape index (κ1) is 56.0. The van der Waals surface area contributed by atoms with Crippen molar-refractivity contribution in [3.8, 4) is 0 Å². The van der Waals surface area contributed by atoms with Crippen LogP contribution in [0.15, 0.2) is 23.3 Å². The number of fused-ring (bicyclic) bond motifs is 3. The standard InChI is InChI=1S/C51H85NO13Si/c1-15-37-25-31(2)24-32(3)26-43(60-11)46-44(61-12)28-34(5)51(58,64-46)47(55)48(56)52-21-17-16-18-38(52)49(57)63-45(35(6)41(30-39(37)54)65-66(13,14)50(7,8)9)33(4)27-36-19-20-40(62-23-22-53)42(29-36)59-10/h22,25,27,32,34-38,40-46,58H,15-21,23-24,26,28-30H2,1-14H3. The third-order valence-electron chi connectivity index (χ3n) is 15.5. The molecule has 3 fully saturated rings. The number of aliphatic hydroxyl groups is 1. The van der Waals surface area contributed by atoms with Crippen LogP contribution >= 0.6 is 0 Å². The van der Waals surface area contributed by atoms with E-state index in [1.54, 1.807) is 28.3 Å². The van der Waals surface area contributed by atoms with Gasteiger partial charge in [-0.25, -0.2) is 4.79 Å². The van der Waals surface area contributed by atoms with Crippen LogP contribution < -0.4 is 0 Å². The molecule has 0 radical (unpaired) electrons. The van der Waals surface area contributed by atoms with E-state index in [0.29, 0.717) is 44.9 Å². The van der Waals surface area contributed by atoms with Gasteiger partial charge in [-0.3, -0.25) is 14.4 Å². The summed E-state index contributed by atoms with van der Waals surface area (Å²) in [6.07, 6.45) is 6.36. The number of methoxy groups -OCH3 is 3. The molecular weight excluding hydrogens is 863 g/mol. The highest BCUT2D eigenvalue weighted by Crippen LogP contribution is 2.42. The van der Waals surface area contributed by atoms with Gasteiger partial charge < -0.3 is 47.6 Å². The lowest BCUT2D eigenvalue weighted by molar-refractivity contribution is -0.302. The number of hydrogen-bond acceptors (Lipinski definition) is 13. The smallest absolute Gasteiger partial charge is 0.329 e. The molecule has 0 aromatic heterocycles. The lowest BCUT2D eigenvalue weighted by atomic mass is 9.81. The monoisotopic (exact) mass is 948 g/mol. The highest BCUT2D eigenvalue weighted by Gasteiger charge is 2.57. The number of carbonyl (C=O) groups is 5. The molecule has 1 aliphatic carbocycles. The number of nitrogens with zero attached hydrogens (tertiary/aromatic N) is 1. The number of aldehydes is 1. The number of ether oxygens (including phenoxy) is 6. The quantitative estimate of drug-likeness (QED) is 0.0702. The van der Waals surface area contributed by atoms with Crippen molar-refractivity contribution in [3.05, 3.63) is 23.3 Å². The van der Waals surface area contributed by atoms with E-state index in [0.717, 1.165) is 23.9 Å². The van der Waals surface area contributed by atoms with Crippen LogP contribution in [0.25, 0.3) is 0 Å².